The molecule has 0 unspecified atom stereocenters. The monoisotopic (exact) mass is 394 g/mol. The number of halogens is 3. The summed E-state index contributed by atoms with van der Waals surface area (Å²) in [6.45, 7) is 0. The van der Waals surface area contributed by atoms with Crippen LogP contribution in [0.1, 0.15) is 11.1 Å². The molecule has 0 radical (unpaired) electrons. The van der Waals surface area contributed by atoms with Crippen LogP contribution in [0.15, 0.2) is 47.5 Å². The van der Waals surface area contributed by atoms with Crippen molar-refractivity contribution in [3.05, 3.63) is 53.7 Å². The Balaban J connectivity index is 2.05. The lowest BCUT2D eigenvalue weighted by Crippen LogP contribution is -2.14. The minimum atomic E-state index is -4.53. The quantitative estimate of drug-likeness (QED) is 0.625. The van der Waals surface area contributed by atoms with Crippen LogP contribution in [-0.2, 0) is 16.2 Å². The highest BCUT2D eigenvalue weighted by Crippen LogP contribution is 2.34. The number of hydrogen-bond donors (Lipinski definition) is 3. The van der Waals surface area contributed by atoms with Crippen LogP contribution in [0.5, 0.6) is 0 Å². The van der Waals surface area contributed by atoms with Crippen molar-refractivity contribution in [2.75, 3.05) is 17.1 Å². The van der Waals surface area contributed by atoms with E-state index in [2.05, 4.69) is 15.0 Å². The maximum Gasteiger partial charge on any atom is 0.416 e. The molecule has 0 aliphatic carbocycles. The maximum absolute atomic E-state index is 12.8. The minimum absolute atomic E-state index is 0.0461. The number of anilines is 2. The van der Waals surface area contributed by atoms with Gasteiger partial charge in [-0.1, -0.05) is 6.07 Å². The number of aromatic nitrogens is 1. The summed E-state index contributed by atoms with van der Waals surface area (Å²) in [4.78, 5) is 2.36. The molecule has 3 aromatic rings. The molecule has 0 bridgehead atoms. The lowest BCUT2D eigenvalue weighted by molar-refractivity contribution is -0.137. The van der Waals surface area contributed by atoms with Crippen LogP contribution in [-0.4, -0.2) is 20.4 Å². The molecule has 10 heteroatoms. The van der Waals surface area contributed by atoms with Gasteiger partial charge in [-0.15, -0.1) is 0 Å². The fourth-order valence-electron chi connectivity index (χ4n) is 2.61. The summed E-state index contributed by atoms with van der Waals surface area (Å²) < 4.78 is 66.4. The Labute approximate surface area is 152 Å². The van der Waals surface area contributed by atoms with E-state index in [-0.39, 0.29) is 27.0 Å². The highest BCUT2D eigenvalue weighted by molar-refractivity contribution is 7.93. The summed E-state index contributed by atoms with van der Waals surface area (Å²) in [5, 5.41) is 11.9. The first-order chi connectivity index (χ1) is 12.7. The summed E-state index contributed by atoms with van der Waals surface area (Å²) in [6, 6.07) is 9.12. The van der Waals surface area contributed by atoms with Gasteiger partial charge < -0.3 is 10.3 Å². The second kappa shape index (κ2) is 6.51. The van der Waals surface area contributed by atoms with Crippen LogP contribution in [0.2, 0.25) is 0 Å². The van der Waals surface area contributed by atoms with Gasteiger partial charge in [-0.25, -0.2) is 8.42 Å². The molecule has 0 amide bonds. The van der Waals surface area contributed by atoms with Gasteiger partial charge in [0.1, 0.15) is 4.90 Å². The molecule has 0 spiro atoms. The van der Waals surface area contributed by atoms with Crippen molar-refractivity contribution in [2.45, 2.75) is 11.1 Å². The van der Waals surface area contributed by atoms with Crippen LogP contribution < -0.4 is 10.0 Å². The van der Waals surface area contributed by atoms with Gasteiger partial charge >= 0.3 is 6.18 Å². The van der Waals surface area contributed by atoms with Crippen LogP contribution in [0.3, 0.4) is 0 Å². The summed E-state index contributed by atoms with van der Waals surface area (Å²) in [7, 11) is -2.53. The topological polar surface area (TPSA) is 97.8 Å². The van der Waals surface area contributed by atoms with E-state index in [1.807, 2.05) is 6.07 Å². The third kappa shape index (κ3) is 3.54. The third-order valence-corrected chi connectivity index (χ3v) is 5.33. The molecule has 1 heterocycles. The van der Waals surface area contributed by atoms with Crippen molar-refractivity contribution in [1.82, 2.24) is 4.98 Å². The summed E-state index contributed by atoms with van der Waals surface area (Å²) in [5.41, 5.74) is 0.00722. The van der Waals surface area contributed by atoms with E-state index in [0.717, 1.165) is 24.4 Å². The van der Waals surface area contributed by atoms with Crippen molar-refractivity contribution in [1.29, 1.82) is 5.26 Å². The number of hydrogen-bond acceptors (Lipinski definition) is 4. The second-order valence-electron chi connectivity index (χ2n) is 5.64. The molecule has 140 valence electrons. The number of aromatic amines is 1. The smallest absolute Gasteiger partial charge is 0.386 e. The molecule has 0 atom stereocenters. The first kappa shape index (κ1) is 18.6. The molecular formula is C17H13F3N4O2S. The fourth-order valence-corrected chi connectivity index (χ4v) is 3.86. The van der Waals surface area contributed by atoms with Gasteiger partial charge in [-0.2, -0.15) is 18.4 Å². The zero-order valence-corrected chi connectivity index (χ0v) is 14.7. The van der Waals surface area contributed by atoms with Crippen LogP contribution >= 0.6 is 0 Å². The third-order valence-electron chi connectivity index (χ3n) is 3.92. The van der Waals surface area contributed by atoms with E-state index in [0.29, 0.717) is 5.69 Å². The van der Waals surface area contributed by atoms with E-state index in [9.17, 15) is 21.6 Å². The molecule has 27 heavy (non-hydrogen) atoms. The predicted octanol–water partition coefficient (Wildman–Crippen LogP) is 3.90. The number of benzene rings is 2. The number of H-pyrrole nitrogens is 1. The average molecular weight is 394 g/mol. The van der Waals surface area contributed by atoms with Crippen molar-refractivity contribution >= 4 is 32.3 Å². The largest absolute Gasteiger partial charge is 0.416 e. The minimum Gasteiger partial charge on any atom is -0.386 e. The number of alkyl halides is 3. The highest BCUT2D eigenvalue weighted by Gasteiger charge is 2.31. The number of sulfonamides is 1. The van der Waals surface area contributed by atoms with Gasteiger partial charge in [0.05, 0.1) is 28.6 Å². The van der Waals surface area contributed by atoms with E-state index in [1.165, 1.54) is 12.1 Å². The number of nitrogens with zero attached hydrogens (tertiary/aromatic N) is 1. The molecule has 3 rings (SSSR count). The van der Waals surface area contributed by atoms with E-state index in [1.54, 1.807) is 13.1 Å². The summed E-state index contributed by atoms with van der Waals surface area (Å²) >= 11 is 0. The van der Waals surface area contributed by atoms with Crippen LogP contribution in [0, 0.1) is 11.3 Å². The average Bonchev–Trinajstić information content (AvgIpc) is 3.04. The van der Waals surface area contributed by atoms with Crippen molar-refractivity contribution in [3.63, 3.8) is 0 Å². The number of rotatable bonds is 4. The Bertz CT molecular complexity index is 1160. The normalized spacial score (nSPS) is 12.0. The number of nitrogens with one attached hydrogen (secondary N) is 3. The first-order valence-electron chi connectivity index (χ1n) is 7.59. The number of nitriles is 1. The lowest BCUT2D eigenvalue weighted by atomic mass is 10.1. The Morgan fingerprint density at radius 1 is 1.11 bits per heavy atom. The summed E-state index contributed by atoms with van der Waals surface area (Å²) in [5.74, 6) is 0. The Kier molecular flexibility index (Phi) is 4.49. The van der Waals surface area contributed by atoms with Gasteiger partial charge in [0.2, 0.25) is 0 Å². The molecule has 0 fully saturated rings. The zero-order valence-electron chi connectivity index (χ0n) is 13.8. The zero-order chi connectivity index (χ0) is 19.8. The van der Waals surface area contributed by atoms with Gasteiger partial charge in [0.15, 0.2) is 0 Å². The van der Waals surface area contributed by atoms with Gasteiger partial charge in [0, 0.05) is 24.1 Å². The van der Waals surface area contributed by atoms with E-state index >= 15 is 0 Å². The van der Waals surface area contributed by atoms with Gasteiger partial charge in [-0.3, -0.25) is 4.72 Å². The Morgan fingerprint density at radius 3 is 2.48 bits per heavy atom. The number of fused-ring (bicyclic) bond motifs is 1. The van der Waals surface area contributed by atoms with E-state index in [4.69, 9.17) is 5.26 Å². The van der Waals surface area contributed by atoms with Gasteiger partial charge in [0.25, 0.3) is 10.0 Å². The van der Waals surface area contributed by atoms with Crippen molar-refractivity contribution < 1.29 is 21.6 Å². The summed E-state index contributed by atoms with van der Waals surface area (Å²) in [6.07, 6.45) is -3.41. The molecule has 0 aliphatic heterocycles. The second-order valence-corrected chi connectivity index (χ2v) is 7.29. The molecule has 0 saturated carbocycles. The standard InChI is InChI=1S/C17H13F3N4O2S/c1-22-13-5-2-10(8-21)6-15(13)24-27(25,26)16-9-23-14-7-11(17(18,19)20)3-4-12(14)16/h2-7,9,22-24H,1H3. The molecule has 0 aliphatic rings. The highest BCUT2D eigenvalue weighted by atomic mass is 32.2. The van der Waals surface area contributed by atoms with Crippen molar-refractivity contribution in [3.8, 4) is 6.07 Å². The predicted molar refractivity (Wildman–Crippen MR) is 94.8 cm³/mol. The Hall–Kier alpha value is -3.19. The molecule has 1 aromatic heterocycles. The molecule has 2 aromatic carbocycles. The SMILES string of the molecule is CNc1ccc(C#N)cc1NS(=O)(=O)c1c[nH]c2cc(C(F)(F)F)ccc12. The molecule has 0 saturated heterocycles. The lowest BCUT2D eigenvalue weighted by Gasteiger charge is -2.12. The fraction of sp³-hybridized carbons (Fsp3) is 0.118. The van der Waals surface area contributed by atoms with Crippen LogP contribution in [0.4, 0.5) is 24.5 Å². The molecule has 3 N–H and O–H groups in total. The molecule has 6 nitrogen and oxygen atoms in total. The maximum atomic E-state index is 12.8. The van der Waals surface area contributed by atoms with Gasteiger partial charge in [-0.05, 0) is 30.3 Å². The van der Waals surface area contributed by atoms with Crippen molar-refractivity contribution in [2.24, 2.45) is 0 Å². The Morgan fingerprint density at radius 2 is 1.85 bits per heavy atom. The molecular weight excluding hydrogens is 381 g/mol. The van der Waals surface area contributed by atoms with Crippen LogP contribution in [0.25, 0.3) is 10.9 Å². The van der Waals surface area contributed by atoms with E-state index < -0.39 is 21.8 Å². The first-order valence-corrected chi connectivity index (χ1v) is 9.07.